The first-order valence-corrected chi connectivity index (χ1v) is 14.7. The topological polar surface area (TPSA) is 106 Å². The Labute approximate surface area is 220 Å². The molecule has 37 heavy (non-hydrogen) atoms. The SMILES string of the molecule is CCC1(CN(c2cc3c(cc2OCc2ccc(C(=O)O)cc2)CCC3)S(=O)(=O)c2nc(C)cs2)COC1. The highest BCUT2D eigenvalue weighted by Gasteiger charge is 2.43. The van der Waals surface area contributed by atoms with Gasteiger partial charge in [-0.1, -0.05) is 19.1 Å². The minimum atomic E-state index is -3.95. The average molecular weight is 543 g/mol. The summed E-state index contributed by atoms with van der Waals surface area (Å²) in [6, 6.07) is 10.4. The molecule has 1 fully saturated rings. The lowest BCUT2D eigenvalue weighted by atomic mass is 9.83. The molecule has 2 aromatic carbocycles. The van der Waals surface area contributed by atoms with Gasteiger partial charge < -0.3 is 14.6 Å². The summed E-state index contributed by atoms with van der Waals surface area (Å²) >= 11 is 1.12. The van der Waals surface area contributed by atoms with Gasteiger partial charge in [-0.15, -0.1) is 11.3 Å². The number of anilines is 1. The number of carboxylic acid groups (broad SMARTS) is 1. The number of aryl methyl sites for hydroxylation is 3. The number of sulfonamides is 1. The van der Waals surface area contributed by atoms with Gasteiger partial charge in [-0.3, -0.25) is 4.31 Å². The van der Waals surface area contributed by atoms with E-state index in [0.717, 1.165) is 48.1 Å². The van der Waals surface area contributed by atoms with Crippen molar-refractivity contribution in [1.82, 2.24) is 4.98 Å². The fourth-order valence-electron chi connectivity index (χ4n) is 4.75. The van der Waals surface area contributed by atoms with Crippen molar-refractivity contribution < 1.29 is 27.8 Å². The molecule has 1 aliphatic carbocycles. The quantitative estimate of drug-likeness (QED) is 0.391. The third-order valence-corrected chi connectivity index (χ3v) is 10.3. The van der Waals surface area contributed by atoms with Crippen LogP contribution < -0.4 is 9.04 Å². The van der Waals surface area contributed by atoms with Crippen molar-refractivity contribution in [1.29, 1.82) is 0 Å². The summed E-state index contributed by atoms with van der Waals surface area (Å²) in [5, 5.41) is 10.9. The van der Waals surface area contributed by atoms with E-state index >= 15 is 0 Å². The van der Waals surface area contributed by atoms with Crippen molar-refractivity contribution >= 4 is 33.0 Å². The van der Waals surface area contributed by atoms with E-state index in [0.29, 0.717) is 30.3 Å². The number of hydrogen-bond donors (Lipinski definition) is 1. The highest BCUT2D eigenvalue weighted by molar-refractivity contribution is 7.94. The second-order valence-electron chi connectivity index (χ2n) is 9.85. The normalized spacial score (nSPS) is 16.2. The smallest absolute Gasteiger partial charge is 0.335 e. The van der Waals surface area contributed by atoms with Gasteiger partial charge >= 0.3 is 5.97 Å². The number of ether oxygens (including phenoxy) is 2. The van der Waals surface area contributed by atoms with Crippen LogP contribution >= 0.6 is 11.3 Å². The summed E-state index contributed by atoms with van der Waals surface area (Å²) in [6.07, 6.45) is 3.61. The van der Waals surface area contributed by atoms with Gasteiger partial charge in [-0.25, -0.2) is 9.78 Å². The van der Waals surface area contributed by atoms with E-state index in [1.807, 2.05) is 12.1 Å². The lowest BCUT2D eigenvalue weighted by Gasteiger charge is -2.44. The molecule has 2 aliphatic rings. The molecule has 0 bridgehead atoms. The summed E-state index contributed by atoms with van der Waals surface area (Å²) in [5.41, 5.74) is 4.19. The van der Waals surface area contributed by atoms with Crippen LogP contribution in [0, 0.1) is 12.3 Å². The van der Waals surface area contributed by atoms with E-state index in [9.17, 15) is 18.3 Å². The van der Waals surface area contributed by atoms with Gasteiger partial charge in [0, 0.05) is 23.0 Å². The zero-order valence-electron chi connectivity index (χ0n) is 20.9. The van der Waals surface area contributed by atoms with Crippen LogP contribution in [-0.4, -0.2) is 44.2 Å². The Bertz CT molecular complexity index is 1410. The van der Waals surface area contributed by atoms with Crippen molar-refractivity contribution in [3.05, 3.63) is 69.7 Å². The minimum Gasteiger partial charge on any atom is -0.487 e. The van der Waals surface area contributed by atoms with Crippen molar-refractivity contribution in [2.45, 2.75) is 50.5 Å². The van der Waals surface area contributed by atoms with Crippen LogP contribution in [0.5, 0.6) is 5.75 Å². The number of aromatic nitrogens is 1. The number of carboxylic acids is 1. The molecule has 0 unspecified atom stereocenters. The van der Waals surface area contributed by atoms with Crippen molar-refractivity contribution in [2.75, 3.05) is 24.1 Å². The van der Waals surface area contributed by atoms with E-state index in [1.54, 1.807) is 24.4 Å². The Hall–Kier alpha value is -2.95. The van der Waals surface area contributed by atoms with Gasteiger partial charge in [0.15, 0.2) is 0 Å². The number of fused-ring (bicyclic) bond motifs is 1. The molecule has 0 atom stereocenters. The van der Waals surface area contributed by atoms with E-state index < -0.39 is 16.0 Å². The van der Waals surface area contributed by atoms with Crippen molar-refractivity contribution in [3.8, 4) is 5.75 Å². The molecule has 2 heterocycles. The summed E-state index contributed by atoms with van der Waals surface area (Å²) in [4.78, 5) is 15.5. The first kappa shape index (κ1) is 25.7. The average Bonchev–Trinajstić information content (AvgIpc) is 3.51. The molecule has 3 aromatic rings. The molecule has 1 saturated heterocycles. The van der Waals surface area contributed by atoms with Crippen LogP contribution in [0.2, 0.25) is 0 Å². The molecule has 196 valence electrons. The number of benzene rings is 2. The van der Waals surface area contributed by atoms with Gasteiger partial charge in [-0.2, -0.15) is 8.42 Å². The van der Waals surface area contributed by atoms with Crippen LogP contribution in [0.3, 0.4) is 0 Å². The van der Waals surface area contributed by atoms with Crippen LogP contribution in [0.25, 0.3) is 0 Å². The lowest BCUT2D eigenvalue weighted by molar-refractivity contribution is -0.107. The molecule has 0 saturated carbocycles. The summed E-state index contributed by atoms with van der Waals surface area (Å²) in [6.45, 7) is 5.30. The Morgan fingerprint density at radius 3 is 2.46 bits per heavy atom. The molecule has 0 radical (unpaired) electrons. The van der Waals surface area contributed by atoms with E-state index in [1.165, 1.54) is 22.0 Å². The lowest BCUT2D eigenvalue weighted by Crippen LogP contribution is -2.52. The highest BCUT2D eigenvalue weighted by atomic mass is 32.2. The summed E-state index contributed by atoms with van der Waals surface area (Å²) in [7, 11) is -3.95. The molecule has 0 amide bonds. The molecule has 10 heteroatoms. The predicted molar refractivity (Wildman–Crippen MR) is 141 cm³/mol. The summed E-state index contributed by atoms with van der Waals surface area (Å²) in [5.74, 6) is -0.497. The number of rotatable bonds is 10. The van der Waals surface area contributed by atoms with Crippen LogP contribution in [0.15, 0.2) is 46.1 Å². The van der Waals surface area contributed by atoms with E-state index in [4.69, 9.17) is 9.47 Å². The highest BCUT2D eigenvalue weighted by Crippen LogP contribution is 2.42. The largest absolute Gasteiger partial charge is 0.487 e. The first-order valence-electron chi connectivity index (χ1n) is 12.3. The van der Waals surface area contributed by atoms with E-state index in [2.05, 4.69) is 11.9 Å². The first-order chi connectivity index (χ1) is 17.7. The van der Waals surface area contributed by atoms with Gasteiger partial charge in [-0.05, 0) is 73.6 Å². The Morgan fingerprint density at radius 1 is 1.19 bits per heavy atom. The van der Waals surface area contributed by atoms with Gasteiger partial charge in [0.1, 0.15) is 12.4 Å². The van der Waals surface area contributed by atoms with Crippen LogP contribution in [0.1, 0.15) is 52.5 Å². The summed E-state index contributed by atoms with van der Waals surface area (Å²) < 4.78 is 41.4. The Morgan fingerprint density at radius 2 is 1.89 bits per heavy atom. The monoisotopic (exact) mass is 542 g/mol. The van der Waals surface area contributed by atoms with Crippen LogP contribution in [-0.2, 0) is 34.2 Å². The molecular formula is C27H30N2O6S2. The third kappa shape index (κ3) is 5.10. The molecule has 1 aliphatic heterocycles. The maximum absolute atomic E-state index is 14.0. The predicted octanol–water partition coefficient (Wildman–Crippen LogP) is 4.84. The number of hydrogen-bond acceptors (Lipinski definition) is 7. The van der Waals surface area contributed by atoms with Gasteiger partial charge in [0.25, 0.3) is 10.0 Å². The number of carbonyl (C=O) groups is 1. The fourth-order valence-corrected chi connectivity index (χ4v) is 7.47. The second kappa shape index (κ2) is 10.1. The zero-order chi connectivity index (χ0) is 26.2. The molecule has 8 nitrogen and oxygen atoms in total. The standard InChI is InChI=1S/C27H30N2O6S2/c1-3-27(16-34-17-27)15-29(37(32,33)26-28-18(2)14-36-26)23-11-21-5-4-6-22(21)12-24(23)35-13-19-7-9-20(10-8-19)25(30)31/h7-12,14H,3-6,13,15-17H2,1-2H3,(H,30,31). The molecule has 1 aromatic heterocycles. The van der Waals surface area contributed by atoms with Crippen molar-refractivity contribution in [3.63, 3.8) is 0 Å². The second-order valence-corrected chi connectivity index (χ2v) is 12.7. The maximum atomic E-state index is 14.0. The van der Waals surface area contributed by atoms with Crippen LogP contribution in [0.4, 0.5) is 5.69 Å². The number of aromatic carboxylic acids is 1. The Kier molecular flexibility index (Phi) is 6.99. The Balaban J connectivity index is 1.55. The zero-order valence-corrected chi connectivity index (χ0v) is 22.5. The minimum absolute atomic E-state index is 0.0622. The maximum Gasteiger partial charge on any atom is 0.335 e. The number of thiazole rings is 1. The van der Waals surface area contributed by atoms with Crippen molar-refractivity contribution in [2.24, 2.45) is 5.41 Å². The number of nitrogens with zero attached hydrogens (tertiary/aromatic N) is 2. The third-order valence-electron chi connectivity index (χ3n) is 7.19. The molecular weight excluding hydrogens is 512 g/mol. The van der Waals surface area contributed by atoms with Gasteiger partial charge in [0.05, 0.1) is 24.5 Å². The van der Waals surface area contributed by atoms with E-state index in [-0.39, 0.29) is 28.5 Å². The molecule has 1 N–H and O–H groups in total. The fraction of sp³-hybridized carbons (Fsp3) is 0.407. The molecule has 5 rings (SSSR count). The molecule has 0 spiro atoms. The van der Waals surface area contributed by atoms with Gasteiger partial charge in [0.2, 0.25) is 4.34 Å².